The molecule has 0 unspecified atom stereocenters. The molecule has 82 valence electrons. The second-order valence-corrected chi connectivity index (χ2v) is 2.97. The summed E-state index contributed by atoms with van der Waals surface area (Å²) in [4.78, 5) is 11.1. The van der Waals surface area contributed by atoms with E-state index in [1.807, 2.05) is 0 Å². The molecule has 0 rings (SSSR count). The van der Waals surface area contributed by atoms with Crippen molar-refractivity contribution in [3.63, 3.8) is 0 Å². The highest BCUT2D eigenvalue weighted by Gasteiger charge is 1.97. The van der Waals surface area contributed by atoms with E-state index in [9.17, 15) is 4.79 Å². The van der Waals surface area contributed by atoms with Crippen LogP contribution >= 0.6 is 0 Å². The molecule has 0 radical (unpaired) electrons. The molecule has 0 aromatic carbocycles. The van der Waals surface area contributed by atoms with E-state index in [-0.39, 0.29) is 5.91 Å². The summed E-state index contributed by atoms with van der Waals surface area (Å²) in [7, 11) is 1.68. The van der Waals surface area contributed by atoms with Crippen molar-refractivity contribution in [2.45, 2.75) is 12.8 Å². The molecular weight excluding hydrogens is 180 g/mol. The fraction of sp³-hybridized carbons (Fsp3) is 0.700. The molecule has 14 heavy (non-hydrogen) atoms. The molecule has 0 fully saturated rings. The van der Waals surface area contributed by atoms with Gasteiger partial charge in [-0.1, -0.05) is 6.08 Å². The van der Waals surface area contributed by atoms with Crippen LogP contribution in [0, 0.1) is 0 Å². The number of hydrogen-bond donors (Lipinski definition) is 2. The molecule has 0 bridgehead atoms. The van der Waals surface area contributed by atoms with Crippen LogP contribution in [0.25, 0.3) is 0 Å². The van der Waals surface area contributed by atoms with Crippen LogP contribution in [0.4, 0.5) is 0 Å². The number of carbonyl (C=O) groups excluding carboxylic acids is 1. The maximum atomic E-state index is 11.1. The van der Waals surface area contributed by atoms with Gasteiger partial charge >= 0.3 is 0 Å². The normalized spacial score (nSPS) is 9.79. The lowest BCUT2D eigenvalue weighted by Crippen LogP contribution is -2.34. The Morgan fingerprint density at radius 2 is 2.29 bits per heavy atom. The van der Waals surface area contributed by atoms with Crippen molar-refractivity contribution in [3.05, 3.63) is 12.7 Å². The van der Waals surface area contributed by atoms with Crippen molar-refractivity contribution in [2.24, 2.45) is 0 Å². The van der Waals surface area contributed by atoms with Crippen molar-refractivity contribution < 1.29 is 9.53 Å². The van der Waals surface area contributed by atoms with Gasteiger partial charge < -0.3 is 15.4 Å². The molecule has 0 aromatic heterocycles. The van der Waals surface area contributed by atoms with Crippen LogP contribution in [-0.4, -0.2) is 39.3 Å². The number of amides is 1. The first kappa shape index (κ1) is 13.1. The van der Waals surface area contributed by atoms with Crippen LogP contribution in [-0.2, 0) is 9.53 Å². The Bertz CT molecular complexity index is 160. The minimum absolute atomic E-state index is 0.0317. The summed E-state index contributed by atoms with van der Waals surface area (Å²) in [5.74, 6) is 0.0317. The first-order valence-corrected chi connectivity index (χ1v) is 4.88. The molecule has 1 amide bonds. The number of methoxy groups -OCH3 is 1. The van der Waals surface area contributed by atoms with E-state index in [0.29, 0.717) is 13.1 Å². The zero-order chi connectivity index (χ0) is 10.6. The molecule has 0 saturated carbocycles. The van der Waals surface area contributed by atoms with Gasteiger partial charge in [0, 0.05) is 26.8 Å². The molecule has 0 aliphatic carbocycles. The van der Waals surface area contributed by atoms with E-state index in [0.717, 1.165) is 26.0 Å². The minimum atomic E-state index is 0.0317. The largest absolute Gasteiger partial charge is 0.385 e. The fourth-order valence-corrected chi connectivity index (χ4v) is 0.949. The SMILES string of the molecule is C=CCNCC(=O)NCCCCOC. The van der Waals surface area contributed by atoms with E-state index in [2.05, 4.69) is 17.2 Å². The average Bonchev–Trinajstić information content (AvgIpc) is 2.18. The monoisotopic (exact) mass is 200 g/mol. The molecule has 0 aliphatic rings. The summed E-state index contributed by atoms with van der Waals surface area (Å²) in [6.07, 6.45) is 3.67. The van der Waals surface area contributed by atoms with Crippen molar-refractivity contribution in [3.8, 4) is 0 Å². The van der Waals surface area contributed by atoms with Crippen molar-refractivity contribution in [1.29, 1.82) is 0 Å². The van der Waals surface area contributed by atoms with E-state index >= 15 is 0 Å². The number of ether oxygens (including phenoxy) is 1. The summed E-state index contributed by atoms with van der Waals surface area (Å²) in [5, 5.41) is 5.74. The molecule has 0 atom stereocenters. The van der Waals surface area contributed by atoms with Crippen LogP contribution < -0.4 is 10.6 Å². The molecule has 0 spiro atoms. The maximum Gasteiger partial charge on any atom is 0.233 e. The Morgan fingerprint density at radius 3 is 2.93 bits per heavy atom. The fourth-order valence-electron chi connectivity index (χ4n) is 0.949. The van der Waals surface area contributed by atoms with Gasteiger partial charge in [0.15, 0.2) is 0 Å². The first-order valence-electron chi connectivity index (χ1n) is 4.88. The van der Waals surface area contributed by atoms with Gasteiger partial charge in [-0.25, -0.2) is 0 Å². The Labute approximate surface area is 85.7 Å². The average molecular weight is 200 g/mol. The molecule has 0 heterocycles. The third kappa shape index (κ3) is 9.22. The van der Waals surface area contributed by atoms with Crippen molar-refractivity contribution >= 4 is 5.91 Å². The van der Waals surface area contributed by atoms with E-state index in [1.165, 1.54) is 0 Å². The third-order valence-corrected chi connectivity index (χ3v) is 1.67. The van der Waals surface area contributed by atoms with Crippen LogP contribution in [0.15, 0.2) is 12.7 Å². The van der Waals surface area contributed by atoms with Crippen LogP contribution in [0.3, 0.4) is 0 Å². The van der Waals surface area contributed by atoms with E-state index < -0.39 is 0 Å². The minimum Gasteiger partial charge on any atom is -0.385 e. The number of hydrogen-bond acceptors (Lipinski definition) is 3. The number of carbonyl (C=O) groups is 1. The number of unbranched alkanes of at least 4 members (excludes halogenated alkanes) is 1. The Morgan fingerprint density at radius 1 is 1.50 bits per heavy atom. The second-order valence-electron chi connectivity index (χ2n) is 2.97. The third-order valence-electron chi connectivity index (χ3n) is 1.67. The Kier molecular flexibility index (Phi) is 9.58. The Balaban J connectivity index is 3.14. The lowest BCUT2D eigenvalue weighted by atomic mass is 10.3. The van der Waals surface area contributed by atoms with Gasteiger partial charge in [0.25, 0.3) is 0 Å². The van der Waals surface area contributed by atoms with Gasteiger partial charge in [-0.15, -0.1) is 6.58 Å². The highest BCUT2D eigenvalue weighted by molar-refractivity contribution is 5.77. The molecule has 0 aliphatic heterocycles. The second kappa shape index (κ2) is 10.2. The van der Waals surface area contributed by atoms with Crippen LogP contribution in [0.2, 0.25) is 0 Å². The van der Waals surface area contributed by atoms with E-state index in [1.54, 1.807) is 13.2 Å². The standard InChI is InChI=1S/C10H20N2O2/c1-3-6-11-9-10(13)12-7-4-5-8-14-2/h3,11H,1,4-9H2,2H3,(H,12,13). The van der Waals surface area contributed by atoms with Gasteiger partial charge in [0.05, 0.1) is 6.54 Å². The molecule has 4 nitrogen and oxygen atoms in total. The number of nitrogens with one attached hydrogen (secondary N) is 2. The highest BCUT2D eigenvalue weighted by atomic mass is 16.5. The van der Waals surface area contributed by atoms with Gasteiger partial charge in [-0.3, -0.25) is 4.79 Å². The zero-order valence-corrected chi connectivity index (χ0v) is 8.84. The summed E-state index contributed by atoms with van der Waals surface area (Å²) >= 11 is 0. The maximum absolute atomic E-state index is 11.1. The summed E-state index contributed by atoms with van der Waals surface area (Å²) in [6.45, 7) is 6.04. The molecular formula is C10H20N2O2. The lowest BCUT2D eigenvalue weighted by molar-refractivity contribution is -0.120. The topological polar surface area (TPSA) is 50.4 Å². The lowest BCUT2D eigenvalue weighted by Gasteiger charge is -2.04. The van der Waals surface area contributed by atoms with Gasteiger partial charge in [0.2, 0.25) is 5.91 Å². The van der Waals surface area contributed by atoms with E-state index in [4.69, 9.17) is 4.74 Å². The van der Waals surface area contributed by atoms with Gasteiger partial charge in [-0.2, -0.15) is 0 Å². The summed E-state index contributed by atoms with van der Waals surface area (Å²) < 4.78 is 4.89. The molecule has 0 saturated heterocycles. The summed E-state index contributed by atoms with van der Waals surface area (Å²) in [6, 6.07) is 0. The molecule has 2 N–H and O–H groups in total. The molecule has 4 heteroatoms. The molecule has 0 aromatic rings. The first-order chi connectivity index (χ1) is 6.81. The predicted molar refractivity (Wildman–Crippen MR) is 57.2 cm³/mol. The smallest absolute Gasteiger partial charge is 0.233 e. The van der Waals surface area contributed by atoms with Gasteiger partial charge in [0.1, 0.15) is 0 Å². The Hall–Kier alpha value is -0.870. The number of rotatable bonds is 9. The van der Waals surface area contributed by atoms with Crippen LogP contribution in [0.5, 0.6) is 0 Å². The van der Waals surface area contributed by atoms with Gasteiger partial charge in [-0.05, 0) is 12.8 Å². The van der Waals surface area contributed by atoms with Crippen molar-refractivity contribution in [1.82, 2.24) is 10.6 Å². The summed E-state index contributed by atoms with van der Waals surface area (Å²) in [5.41, 5.74) is 0. The quantitative estimate of drug-likeness (QED) is 0.416. The zero-order valence-electron chi connectivity index (χ0n) is 8.84. The van der Waals surface area contributed by atoms with Crippen molar-refractivity contribution in [2.75, 3.05) is 33.4 Å². The highest BCUT2D eigenvalue weighted by Crippen LogP contribution is 1.86. The van der Waals surface area contributed by atoms with Crippen LogP contribution in [0.1, 0.15) is 12.8 Å². The predicted octanol–water partition coefficient (Wildman–Crippen LogP) is 0.305.